The van der Waals surface area contributed by atoms with Crippen molar-refractivity contribution in [3.05, 3.63) is 16.6 Å². The second kappa shape index (κ2) is 5.80. The summed E-state index contributed by atoms with van der Waals surface area (Å²) in [5, 5.41) is 6.66. The first-order valence-electron chi connectivity index (χ1n) is 5.11. The standard InChI is InChI=1S/C10H17N3S.ClH/c1-8(10-12-5-6-14-10)13(2)9-3-4-11-7-9;/h5-6,8-9,11H,3-4,7H2,1-2H3;1H/t8?,9-;/m1./s1. The maximum atomic E-state index is 4.37. The van der Waals surface area contributed by atoms with Gasteiger partial charge >= 0.3 is 0 Å². The second-order valence-corrected chi connectivity index (χ2v) is 4.78. The monoisotopic (exact) mass is 247 g/mol. The summed E-state index contributed by atoms with van der Waals surface area (Å²) in [5.41, 5.74) is 0. The number of halogens is 1. The minimum absolute atomic E-state index is 0. The second-order valence-electron chi connectivity index (χ2n) is 3.86. The van der Waals surface area contributed by atoms with Gasteiger partial charge in [0.2, 0.25) is 0 Å². The van der Waals surface area contributed by atoms with Crippen LogP contribution in [0.2, 0.25) is 0 Å². The predicted molar refractivity (Wildman–Crippen MR) is 66.8 cm³/mol. The number of nitrogens with one attached hydrogen (secondary N) is 1. The maximum absolute atomic E-state index is 4.37. The molecule has 0 aliphatic carbocycles. The van der Waals surface area contributed by atoms with Crippen molar-refractivity contribution in [1.82, 2.24) is 15.2 Å². The quantitative estimate of drug-likeness (QED) is 0.885. The van der Waals surface area contributed by atoms with Crippen molar-refractivity contribution in [2.45, 2.75) is 25.4 Å². The summed E-state index contributed by atoms with van der Waals surface area (Å²) in [5.74, 6) is 0. The van der Waals surface area contributed by atoms with E-state index in [0.717, 1.165) is 13.1 Å². The van der Waals surface area contributed by atoms with Crippen LogP contribution in [0.1, 0.15) is 24.4 Å². The number of hydrogen-bond donors (Lipinski definition) is 1. The lowest BCUT2D eigenvalue weighted by molar-refractivity contribution is 0.196. The molecule has 0 saturated carbocycles. The Hall–Kier alpha value is -0.160. The highest BCUT2D eigenvalue weighted by Crippen LogP contribution is 2.24. The van der Waals surface area contributed by atoms with E-state index in [1.807, 2.05) is 11.6 Å². The van der Waals surface area contributed by atoms with Gasteiger partial charge in [0.1, 0.15) is 5.01 Å². The largest absolute Gasteiger partial charge is 0.315 e. The fourth-order valence-electron chi connectivity index (χ4n) is 1.92. The maximum Gasteiger partial charge on any atom is 0.109 e. The minimum Gasteiger partial charge on any atom is -0.315 e. The molecule has 5 heteroatoms. The lowest BCUT2D eigenvalue weighted by Crippen LogP contribution is -2.35. The van der Waals surface area contributed by atoms with E-state index < -0.39 is 0 Å². The molecule has 86 valence electrons. The zero-order valence-corrected chi connectivity index (χ0v) is 10.8. The summed E-state index contributed by atoms with van der Waals surface area (Å²) >= 11 is 1.74. The predicted octanol–water partition coefficient (Wildman–Crippen LogP) is 1.92. The first kappa shape index (κ1) is 12.9. The normalized spacial score (nSPS) is 22.7. The zero-order valence-electron chi connectivity index (χ0n) is 9.14. The zero-order chi connectivity index (χ0) is 9.97. The highest BCUT2D eigenvalue weighted by molar-refractivity contribution is 7.09. The summed E-state index contributed by atoms with van der Waals surface area (Å²) in [4.78, 5) is 6.79. The number of nitrogens with zero attached hydrogens (tertiary/aromatic N) is 2. The van der Waals surface area contributed by atoms with E-state index in [4.69, 9.17) is 0 Å². The molecule has 0 bridgehead atoms. The van der Waals surface area contributed by atoms with Crippen molar-refractivity contribution in [1.29, 1.82) is 0 Å². The van der Waals surface area contributed by atoms with Crippen LogP contribution < -0.4 is 5.32 Å². The molecule has 2 rings (SSSR count). The molecular weight excluding hydrogens is 230 g/mol. The molecule has 1 saturated heterocycles. The van der Waals surface area contributed by atoms with Crippen molar-refractivity contribution >= 4 is 23.7 Å². The van der Waals surface area contributed by atoms with Gasteiger partial charge in [-0.05, 0) is 26.9 Å². The SMILES string of the molecule is CC(c1nccs1)N(C)[C@@H]1CCNC1.Cl. The molecule has 1 aliphatic rings. The lowest BCUT2D eigenvalue weighted by Gasteiger charge is -2.28. The van der Waals surface area contributed by atoms with Gasteiger partial charge in [0.25, 0.3) is 0 Å². The van der Waals surface area contributed by atoms with Crippen molar-refractivity contribution in [2.75, 3.05) is 20.1 Å². The van der Waals surface area contributed by atoms with E-state index in [0.29, 0.717) is 12.1 Å². The van der Waals surface area contributed by atoms with E-state index in [9.17, 15) is 0 Å². The summed E-state index contributed by atoms with van der Waals surface area (Å²) < 4.78 is 0. The van der Waals surface area contributed by atoms with Gasteiger partial charge < -0.3 is 5.32 Å². The van der Waals surface area contributed by atoms with Crippen molar-refractivity contribution < 1.29 is 0 Å². The summed E-state index contributed by atoms with van der Waals surface area (Å²) in [6.07, 6.45) is 3.14. The van der Waals surface area contributed by atoms with Crippen LogP contribution in [0.3, 0.4) is 0 Å². The Kier molecular flexibility index (Phi) is 4.99. The average Bonchev–Trinajstić information content (AvgIpc) is 2.87. The van der Waals surface area contributed by atoms with Crippen molar-refractivity contribution in [2.24, 2.45) is 0 Å². The molecule has 2 heterocycles. The third-order valence-corrected chi connectivity index (χ3v) is 3.98. The van der Waals surface area contributed by atoms with Gasteiger partial charge in [0.15, 0.2) is 0 Å². The molecule has 15 heavy (non-hydrogen) atoms. The van der Waals surface area contributed by atoms with E-state index in [-0.39, 0.29) is 12.4 Å². The van der Waals surface area contributed by atoms with Gasteiger partial charge in [0, 0.05) is 24.2 Å². The van der Waals surface area contributed by atoms with Gasteiger partial charge in [-0.15, -0.1) is 23.7 Å². The fraction of sp³-hybridized carbons (Fsp3) is 0.700. The number of likely N-dealkylation sites (N-methyl/N-ethyl adjacent to an activating group) is 1. The Bertz CT molecular complexity index is 272. The average molecular weight is 248 g/mol. The van der Waals surface area contributed by atoms with Gasteiger partial charge in [0.05, 0.1) is 6.04 Å². The van der Waals surface area contributed by atoms with Crippen LogP contribution in [0.5, 0.6) is 0 Å². The molecule has 1 aliphatic heterocycles. The number of rotatable bonds is 3. The van der Waals surface area contributed by atoms with Crippen molar-refractivity contribution in [3.8, 4) is 0 Å². The third-order valence-electron chi connectivity index (χ3n) is 3.03. The van der Waals surface area contributed by atoms with Crippen LogP contribution >= 0.6 is 23.7 Å². The Morgan fingerprint density at radius 3 is 3.00 bits per heavy atom. The van der Waals surface area contributed by atoms with Crippen LogP contribution in [0.15, 0.2) is 11.6 Å². The molecule has 0 aromatic carbocycles. The highest BCUT2D eigenvalue weighted by Gasteiger charge is 2.24. The van der Waals surface area contributed by atoms with Crippen LogP contribution in [0.25, 0.3) is 0 Å². The molecule has 1 aromatic heterocycles. The van der Waals surface area contributed by atoms with Crippen LogP contribution in [-0.2, 0) is 0 Å². The molecule has 0 amide bonds. The first-order valence-corrected chi connectivity index (χ1v) is 5.99. The third kappa shape index (κ3) is 2.91. The van der Waals surface area contributed by atoms with Crippen LogP contribution in [0, 0.1) is 0 Å². The van der Waals surface area contributed by atoms with E-state index >= 15 is 0 Å². The molecular formula is C10H18ClN3S. The molecule has 2 atom stereocenters. The Labute approximate surface area is 101 Å². The number of aromatic nitrogens is 1. The van der Waals surface area contributed by atoms with Crippen LogP contribution in [0.4, 0.5) is 0 Å². The Balaban J connectivity index is 0.00000112. The van der Waals surface area contributed by atoms with Gasteiger partial charge in [-0.3, -0.25) is 4.90 Å². The van der Waals surface area contributed by atoms with Crippen molar-refractivity contribution in [3.63, 3.8) is 0 Å². The summed E-state index contributed by atoms with van der Waals surface area (Å²) in [7, 11) is 2.20. The van der Waals surface area contributed by atoms with Gasteiger partial charge in [-0.2, -0.15) is 0 Å². The first-order chi connectivity index (χ1) is 6.79. The Morgan fingerprint density at radius 1 is 1.67 bits per heavy atom. The number of thiazole rings is 1. The minimum atomic E-state index is 0. The lowest BCUT2D eigenvalue weighted by atomic mass is 10.2. The molecule has 3 nitrogen and oxygen atoms in total. The molecule has 0 spiro atoms. The molecule has 1 unspecified atom stereocenters. The van der Waals surface area contributed by atoms with Crippen LogP contribution in [-0.4, -0.2) is 36.1 Å². The smallest absolute Gasteiger partial charge is 0.109 e. The van der Waals surface area contributed by atoms with Gasteiger partial charge in [-0.1, -0.05) is 0 Å². The van der Waals surface area contributed by atoms with E-state index in [1.165, 1.54) is 11.4 Å². The topological polar surface area (TPSA) is 28.2 Å². The molecule has 0 radical (unpaired) electrons. The Morgan fingerprint density at radius 2 is 2.47 bits per heavy atom. The molecule has 1 aromatic rings. The number of hydrogen-bond acceptors (Lipinski definition) is 4. The van der Waals surface area contributed by atoms with Gasteiger partial charge in [-0.25, -0.2) is 4.98 Å². The summed E-state index contributed by atoms with van der Waals surface area (Å²) in [6.45, 7) is 4.50. The van der Waals surface area contributed by atoms with E-state index in [1.54, 1.807) is 11.3 Å². The molecule has 1 fully saturated rings. The summed E-state index contributed by atoms with van der Waals surface area (Å²) in [6, 6.07) is 1.12. The molecule has 1 N–H and O–H groups in total. The fourth-order valence-corrected chi connectivity index (χ4v) is 2.66. The van der Waals surface area contributed by atoms with E-state index in [2.05, 4.69) is 29.2 Å². The highest BCUT2D eigenvalue weighted by atomic mass is 35.5.